The molecule has 2 aromatic carbocycles. The van der Waals surface area contributed by atoms with Gasteiger partial charge in [-0.25, -0.2) is 5.10 Å². The van der Waals surface area contributed by atoms with E-state index in [2.05, 4.69) is 15.5 Å². The van der Waals surface area contributed by atoms with Gasteiger partial charge in [0, 0.05) is 5.69 Å². The monoisotopic (exact) mass is 390 g/mol. The highest BCUT2D eigenvalue weighted by atomic mass is 35.5. The number of hydrogen-bond donors (Lipinski definition) is 2. The van der Waals surface area contributed by atoms with Gasteiger partial charge in [-0.3, -0.25) is 9.59 Å². The summed E-state index contributed by atoms with van der Waals surface area (Å²) < 4.78 is 0. The Balaban J connectivity index is 1.82. The van der Waals surface area contributed by atoms with E-state index in [1.54, 1.807) is 61.5 Å². The third-order valence-corrected chi connectivity index (χ3v) is 4.40. The standard InChI is InChI=1S/C21H15ClN4O2/c1-13-17(12-23)21(28)26-25-19(13)10-9-14-5-4-6-15(11-14)24-20(27)16-7-2-3-8-18(16)22/h2-11H,1H3,(H,24,27)(H,26,28)/b10-9+. The lowest BCUT2D eigenvalue weighted by Crippen LogP contribution is -2.15. The summed E-state index contributed by atoms with van der Waals surface area (Å²) in [5.41, 5.74) is 2.32. The molecule has 1 aromatic heterocycles. The van der Waals surface area contributed by atoms with Crippen LogP contribution in [0, 0.1) is 18.3 Å². The molecule has 2 N–H and O–H groups in total. The van der Waals surface area contributed by atoms with Crippen LogP contribution in [0.5, 0.6) is 0 Å². The molecule has 0 spiro atoms. The molecule has 0 fully saturated rings. The molecule has 0 saturated carbocycles. The maximum absolute atomic E-state index is 12.4. The second-order valence-corrected chi connectivity index (χ2v) is 6.35. The van der Waals surface area contributed by atoms with Crippen molar-refractivity contribution in [3.05, 3.63) is 91.9 Å². The molecular formula is C21H15ClN4O2. The average Bonchev–Trinajstić information content (AvgIpc) is 2.68. The van der Waals surface area contributed by atoms with Gasteiger partial charge in [-0.05, 0) is 48.4 Å². The molecule has 7 heteroatoms. The molecule has 0 aliphatic carbocycles. The quantitative estimate of drug-likeness (QED) is 0.702. The van der Waals surface area contributed by atoms with Gasteiger partial charge in [0.2, 0.25) is 0 Å². The van der Waals surface area contributed by atoms with Crippen LogP contribution < -0.4 is 10.9 Å². The lowest BCUT2D eigenvalue weighted by atomic mass is 10.1. The van der Waals surface area contributed by atoms with Crippen LogP contribution in [0.15, 0.2) is 53.3 Å². The molecule has 28 heavy (non-hydrogen) atoms. The van der Waals surface area contributed by atoms with Gasteiger partial charge in [-0.15, -0.1) is 0 Å². The number of anilines is 1. The van der Waals surface area contributed by atoms with E-state index in [4.69, 9.17) is 16.9 Å². The fourth-order valence-corrected chi connectivity index (χ4v) is 2.81. The topological polar surface area (TPSA) is 98.6 Å². The predicted molar refractivity (Wildman–Crippen MR) is 109 cm³/mol. The third kappa shape index (κ3) is 4.17. The minimum absolute atomic E-state index is 0.0374. The molecule has 3 aromatic rings. The first-order chi connectivity index (χ1) is 13.5. The summed E-state index contributed by atoms with van der Waals surface area (Å²) in [6, 6.07) is 15.9. The van der Waals surface area contributed by atoms with E-state index in [1.807, 2.05) is 12.1 Å². The number of nitrogens with zero attached hydrogens (tertiary/aromatic N) is 2. The van der Waals surface area contributed by atoms with Gasteiger partial charge in [0.15, 0.2) is 0 Å². The lowest BCUT2D eigenvalue weighted by Gasteiger charge is -2.07. The highest BCUT2D eigenvalue weighted by Gasteiger charge is 2.10. The molecule has 6 nitrogen and oxygen atoms in total. The Bertz CT molecular complexity index is 1180. The summed E-state index contributed by atoms with van der Waals surface area (Å²) >= 11 is 6.06. The molecule has 0 atom stereocenters. The van der Waals surface area contributed by atoms with Crippen LogP contribution in [0.25, 0.3) is 12.2 Å². The average molecular weight is 391 g/mol. The zero-order chi connectivity index (χ0) is 20.1. The Hall–Kier alpha value is -3.69. The second kappa shape index (κ2) is 8.33. The molecule has 0 radical (unpaired) electrons. The summed E-state index contributed by atoms with van der Waals surface area (Å²) in [6.07, 6.45) is 3.47. The van der Waals surface area contributed by atoms with Gasteiger partial charge in [-0.2, -0.15) is 10.4 Å². The zero-order valence-electron chi connectivity index (χ0n) is 14.9. The van der Waals surface area contributed by atoms with Crippen molar-refractivity contribution in [2.45, 2.75) is 6.92 Å². The number of aromatic amines is 1. The summed E-state index contributed by atoms with van der Waals surface area (Å²) in [4.78, 5) is 24.0. The Morgan fingerprint density at radius 3 is 2.75 bits per heavy atom. The van der Waals surface area contributed by atoms with Crippen molar-refractivity contribution in [3.63, 3.8) is 0 Å². The number of benzene rings is 2. The van der Waals surface area contributed by atoms with Crippen LogP contribution in [0.3, 0.4) is 0 Å². The van der Waals surface area contributed by atoms with E-state index in [-0.39, 0.29) is 11.5 Å². The van der Waals surface area contributed by atoms with Gasteiger partial charge in [0.1, 0.15) is 11.6 Å². The molecule has 0 aliphatic heterocycles. The van der Waals surface area contributed by atoms with Crippen LogP contribution in [0.1, 0.15) is 32.7 Å². The number of carbonyl (C=O) groups is 1. The summed E-state index contributed by atoms with van der Waals surface area (Å²) in [7, 11) is 0. The number of nitriles is 1. The van der Waals surface area contributed by atoms with Gasteiger partial charge in [0.25, 0.3) is 11.5 Å². The molecule has 0 aliphatic rings. The molecule has 3 rings (SSSR count). The zero-order valence-corrected chi connectivity index (χ0v) is 15.6. The first-order valence-electron chi connectivity index (χ1n) is 8.33. The number of hydrogen-bond acceptors (Lipinski definition) is 4. The summed E-state index contributed by atoms with van der Waals surface area (Å²) in [5.74, 6) is -0.302. The van der Waals surface area contributed by atoms with E-state index in [1.165, 1.54) is 0 Å². The van der Waals surface area contributed by atoms with Gasteiger partial charge >= 0.3 is 0 Å². The SMILES string of the molecule is Cc1c(/C=C/c2cccc(NC(=O)c3ccccc3Cl)c2)n[nH]c(=O)c1C#N. The van der Waals surface area contributed by atoms with E-state index < -0.39 is 5.56 Å². The van der Waals surface area contributed by atoms with Crippen molar-refractivity contribution in [1.29, 1.82) is 5.26 Å². The number of rotatable bonds is 4. The number of amides is 1. The van der Waals surface area contributed by atoms with Gasteiger partial charge in [0.05, 0.1) is 16.3 Å². The minimum atomic E-state index is -0.513. The Morgan fingerprint density at radius 2 is 2.00 bits per heavy atom. The van der Waals surface area contributed by atoms with E-state index in [0.717, 1.165) is 5.56 Å². The van der Waals surface area contributed by atoms with E-state index in [0.29, 0.717) is 27.5 Å². The van der Waals surface area contributed by atoms with Crippen LogP contribution in [-0.2, 0) is 0 Å². The van der Waals surface area contributed by atoms with E-state index in [9.17, 15) is 9.59 Å². The normalized spacial score (nSPS) is 10.6. The Labute approximate surface area is 166 Å². The first-order valence-corrected chi connectivity index (χ1v) is 8.71. The molecule has 0 unspecified atom stereocenters. The maximum atomic E-state index is 12.4. The minimum Gasteiger partial charge on any atom is -0.322 e. The highest BCUT2D eigenvalue weighted by Crippen LogP contribution is 2.19. The smallest absolute Gasteiger partial charge is 0.282 e. The van der Waals surface area contributed by atoms with E-state index >= 15 is 0 Å². The molecule has 138 valence electrons. The predicted octanol–water partition coefficient (Wildman–Crippen LogP) is 4.03. The van der Waals surface area contributed by atoms with Crippen molar-refractivity contribution in [2.75, 3.05) is 5.32 Å². The highest BCUT2D eigenvalue weighted by molar-refractivity contribution is 6.34. The molecule has 0 bridgehead atoms. The van der Waals surface area contributed by atoms with Crippen molar-refractivity contribution < 1.29 is 4.79 Å². The van der Waals surface area contributed by atoms with Crippen LogP contribution >= 0.6 is 11.6 Å². The number of nitrogens with one attached hydrogen (secondary N) is 2. The second-order valence-electron chi connectivity index (χ2n) is 5.94. The fourth-order valence-electron chi connectivity index (χ4n) is 2.59. The molecular weight excluding hydrogens is 376 g/mol. The van der Waals surface area contributed by atoms with Crippen LogP contribution in [-0.4, -0.2) is 16.1 Å². The number of halogens is 1. The largest absolute Gasteiger partial charge is 0.322 e. The number of carbonyl (C=O) groups excluding carboxylic acids is 1. The van der Waals surface area contributed by atoms with Gasteiger partial charge in [-0.1, -0.05) is 41.9 Å². The summed E-state index contributed by atoms with van der Waals surface area (Å²) in [5, 5.41) is 18.5. The summed E-state index contributed by atoms with van der Waals surface area (Å²) in [6.45, 7) is 1.67. The molecule has 0 saturated heterocycles. The first kappa shape index (κ1) is 19.1. The van der Waals surface area contributed by atoms with Crippen molar-refractivity contribution >= 4 is 35.3 Å². The Kier molecular flexibility index (Phi) is 5.68. The van der Waals surface area contributed by atoms with Crippen molar-refractivity contribution in [3.8, 4) is 6.07 Å². The van der Waals surface area contributed by atoms with Crippen molar-refractivity contribution in [2.24, 2.45) is 0 Å². The maximum Gasteiger partial charge on any atom is 0.282 e. The number of H-pyrrole nitrogens is 1. The lowest BCUT2D eigenvalue weighted by molar-refractivity contribution is 0.102. The molecule has 1 heterocycles. The number of aromatic nitrogens is 2. The molecule has 1 amide bonds. The van der Waals surface area contributed by atoms with Crippen LogP contribution in [0.4, 0.5) is 5.69 Å². The van der Waals surface area contributed by atoms with Crippen molar-refractivity contribution in [1.82, 2.24) is 10.2 Å². The third-order valence-electron chi connectivity index (χ3n) is 4.07. The van der Waals surface area contributed by atoms with Crippen LogP contribution in [0.2, 0.25) is 5.02 Å². The fraction of sp³-hybridized carbons (Fsp3) is 0.0476. The Morgan fingerprint density at radius 1 is 1.21 bits per heavy atom. The van der Waals surface area contributed by atoms with Gasteiger partial charge < -0.3 is 5.32 Å².